The number of benzene rings is 1. The number of methoxy groups -OCH3 is 2. The van der Waals surface area contributed by atoms with Gasteiger partial charge in [0.1, 0.15) is 17.1 Å². The van der Waals surface area contributed by atoms with Crippen LogP contribution in [0.25, 0.3) is 11.3 Å². The number of nitrogens with two attached hydrogens (primary N) is 1. The van der Waals surface area contributed by atoms with Crippen LogP contribution in [0, 0.1) is 28.6 Å². The number of hydrogen-bond acceptors (Lipinski definition) is 16. The van der Waals surface area contributed by atoms with Crippen LogP contribution in [0.4, 0.5) is 0 Å². The van der Waals surface area contributed by atoms with Crippen molar-refractivity contribution in [3.63, 3.8) is 0 Å². The van der Waals surface area contributed by atoms with E-state index in [4.69, 9.17) is 20.3 Å². The zero-order valence-electron chi connectivity index (χ0n) is 49.0. The summed E-state index contributed by atoms with van der Waals surface area (Å²) in [5.74, 6) is -2.38. The first-order chi connectivity index (χ1) is 39.1. The van der Waals surface area contributed by atoms with Crippen molar-refractivity contribution in [1.29, 1.82) is 0 Å². The molecule has 0 unspecified atom stereocenters. The van der Waals surface area contributed by atoms with Crippen molar-refractivity contribution in [3.8, 4) is 5.69 Å². The molecule has 4 bridgehead atoms. The Bertz CT molecular complexity index is 2700. The highest BCUT2D eigenvalue weighted by Crippen LogP contribution is 2.58. The number of likely N-dealkylation sites (N-methyl/N-ethyl adjacent to an activating group) is 1. The molecule has 1 aromatic carbocycles. The topological polar surface area (TPSA) is 286 Å². The van der Waals surface area contributed by atoms with Gasteiger partial charge in [0.2, 0.25) is 11.8 Å². The summed E-state index contributed by atoms with van der Waals surface area (Å²) in [7, 11) is 8.70. The quantitative estimate of drug-likeness (QED) is 0.104. The Labute approximate surface area is 480 Å². The number of rotatable bonds is 25. The molecule has 24 heteroatoms. The molecule has 5 fully saturated rings. The molecule has 2 aromatic rings. The summed E-state index contributed by atoms with van der Waals surface area (Å²) >= 11 is 0. The molecule has 5 aliphatic carbocycles. The summed E-state index contributed by atoms with van der Waals surface area (Å²) in [5, 5.41) is 31.1. The van der Waals surface area contributed by atoms with E-state index in [1.807, 2.05) is 44.0 Å². The number of carboxylic acid groups (broad SMARTS) is 2. The number of amides is 5. The summed E-state index contributed by atoms with van der Waals surface area (Å²) in [5.41, 5.74) is 7.29. The third-order valence-corrected chi connectivity index (χ3v) is 17.4. The maximum absolute atomic E-state index is 14.5. The van der Waals surface area contributed by atoms with Crippen LogP contribution in [0.3, 0.4) is 0 Å². The molecule has 1 aliphatic heterocycles. The van der Waals surface area contributed by atoms with Crippen LogP contribution in [0.15, 0.2) is 47.0 Å². The van der Waals surface area contributed by atoms with Gasteiger partial charge in [-0.25, -0.2) is 9.48 Å². The molecule has 0 atom stereocenters. The van der Waals surface area contributed by atoms with Gasteiger partial charge in [-0.1, -0.05) is 13.8 Å². The van der Waals surface area contributed by atoms with Gasteiger partial charge in [0, 0.05) is 96.7 Å². The van der Waals surface area contributed by atoms with Gasteiger partial charge in [-0.15, -0.1) is 4.91 Å². The van der Waals surface area contributed by atoms with Crippen molar-refractivity contribution >= 4 is 47.0 Å². The molecular weight excluding hydrogens is 1060 g/mol. The number of nitroso groups, excluding NO2 is 1. The first-order valence-electron chi connectivity index (χ1n) is 28.9. The number of ether oxygens (including phenoxy) is 2. The smallest absolute Gasteiger partial charge is 0.330 e. The van der Waals surface area contributed by atoms with Crippen molar-refractivity contribution in [3.05, 3.63) is 69.3 Å². The monoisotopic (exact) mass is 1140 g/mol. The fourth-order valence-corrected chi connectivity index (χ4v) is 13.2. The van der Waals surface area contributed by atoms with Crippen molar-refractivity contribution in [2.45, 2.75) is 83.1 Å². The number of carbonyl (C=O) groups is 7. The molecule has 0 radical (unpaired) electrons. The molecule has 2 heterocycles. The van der Waals surface area contributed by atoms with Gasteiger partial charge in [0.25, 0.3) is 17.7 Å². The summed E-state index contributed by atoms with van der Waals surface area (Å²) in [6, 6.07) is 7.18. The number of allylic oxidation sites excluding steroid dienone is 3. The van der Waals surface area contributed by atoms with E-state index in [1.54, 1.807) is 69.6 Å². The molecule has 450 valence electrons. The number of aromatic nitrogens is 2. The fourth-order valence-electron chi connectivity index (χ4n) is 13.2. The summed E-state index contributed by atoms with van der Waals surface area (Å²) in [6.07, 6.45) is 8.91. The summed E-state index contributed by atoms with van der Waals surface area (Å²) in [6.45, 7) is 8.64. The van der Waals surface area contributed by atoms with Crippen molar-refractivity contribution in [2.24, 2.45) is 34.6 Å². The Morgan fingerprint density at radius 2 is 1.32 bits per heavy atom. The first kappa shape index (κ1) is 63.0. The van der Waals surface area contributed by atoms with Gasteiger partial charge in [-0.3, -0.25) is 48.4 Å². The molecule has 1 aromatic heterocycles. The zero-order valence-corrected chi connectivity index (χ0v) is 49.0. The number of nitrogens with zero attached hydrogens (tertiary/aromatic N) is 10. The molecule has 82 heavy (non-hydrogen) atoms. The van der Waals surface area contributed by atoms with E-state index >= 15 is 0 Å². The predicted octanol–water partition coefficient (Wildman–Crippen LogP) is 3.01. The van der Waals surface area contributed by atoms with Gasteiger partial charge < -0.3 is 45.4 Å². The van der Waals surface area contributed by atoms with Crippen molar-refractivity contribution in [1.82, 2.24) is 49.4 Å². The van der Waals surface area contributed by atoms with Crippen LogP contribution in [0.2, 0.25) is 0 Å². The molecule has 5 N–H and O–H groups in total. The van der Waals surface area contributed by atoms with Crippen LogP contribution in [-0.4, -0.2) is 241 Å². The standard InChI is InChI=1S/C58H86N12O12/c1-38(2)44-32-41(13-14-46(44)70-47(54-48(81-6)11-8-12-49(54)82-7)33-45(61-70)55(76)60-58(57(78)79)42-28-39-27-40(30-42)31-43(58)29-39)56(77)65(5)18-10-16-63(3)15-9-17-64(4)52(73)36-68-23-22-67(35-51(72)62-80)21-19-66(34-50(59)71)20-25-69(26-24-68)37-53(74)75/h11,13-14,32-33,38-40,42-43H,8-10,12,15-31,34-37H2,1-7H3,(H2,59,71)(H,60,76)(H,74,75)(H,78,79). The van der Waals surface area contributed by atoms with Gasteiger partial charge in [0.05, 0.1) is 57.4 Å². The Hall–Kier alpha value is -6.60. The van der Waals surface area contributed by atoms with Gasteiger partial charge in [-0.2, -0.15) is 5.10 Å². The van der Waals surface area contributed by atoms with E-state index in [0.29, 0.717) is 150 Å². The van der Waals surface area contributed by atoms with E-state index in [2.05, 4.69) is 15.4 Å². The van der Waals surface area contributed by atoms with Gasteiger partial charge in [0.15, 0.2) is 5.69 Å². The van der Waals surface area contributed by atoms with Crippen LogP contribution in [-0.2, 0) is 33.4 Å². The van der Waals surface area contributed by atoms with E-state index in [0.717, 1.165) is 37.7 Å². The second-order valence-electron chi connectivity index (χ2n) is 23.5. The average Bonchev–Trinajstić information content (AvgIpc) is 3.70. The highest BCUT2D eigenvalue weighted by Gasteiger charge is 2.62. The third kappa shape index (κ3) is 15.5. The van der Waals surface area contributed by atoms with Gasteiger partial charge >= 0.3 is 11.9 Å². The first-order valence-corrected chi connectivity index (χ1v) is 28.9. The highest BCUT2D eigenvalue weighted by atomic mass is 16.5. The Balaban J connectivity index is 0.962. The average molecular weight is 1140 g/mol. The Morgan fingerprint density at radius 3 is 1.84 bits per heavy atom. The molecule has 4 saturated carbocycles. The molecule has 1 saturated heterocycles. The van der Waals surface area contributed by atoms with E-state index in [9.17, 15) is 48.7 Å². The summed E-state index contributed by atoms with van der Waals surface area (Å²) < 4.78 is 13.5. The zero-order chi connectivity index (χ0) is 59.4. The Kier molecular flexibility index (Phi) is 22.0. The molecule has 24 nitrogen and oxygen atoms in total. The SMILES string of the molecule is COC1=CCCC(OC)=C1c1cc(C(=O)NC2(C(=O)O)C3CC4CC(C3)CC2C4)nn1-c1ccc(C(=O)N(C)CCCN(C)CCCN(C)C(=O)CN2CCN(CC(=O)O)CCN(CC(N)=O)CCN(CC(=O)N=O)CC2)cc1C(C)C. The minimum absolute atomic E-state index is 0.0517. The largest absolute Gasteiger partial charge is 0.500 e. The maximum Gasteiger partial charge on any atom is 0.330 e. The number of primary amides is 1. The second kappa shape index (κ2) is 28.6. The van der Waals surface area contributed by atoms with Crippen LogP contribution in [0.1, 0.15) is 110 Å². The van der Waals surface area contributed by atoms with Crippen LogP contribution < -0.4 is 11.1 Å². The van der Waals surface area contributed by atoms with Gasteiger partial charge in [-0.05, 0) is 137 Å². The minimum Gasteiger partial charge on any atom is -0.500 e. The van der Waals surface area contributed by atoms with Crippen molar-refractivity contribution < 1.29 is 53.2 Å². The molecule has 6 aliphatic rings. The van der Waals surface area contributed by atoms with E-state index < -0.39 is 35.2 Å². The van der Waals surface area contributed by atoms with Crippen molar-refractivity contribution in [2.75, 3.05) is 140 Å². The summed E-state index contributed by atoms with van der Waals surface area (Å²) in [4.78, 5) is 115. The van der Waals surface area contributed by atoms with Crippen LogP contribution >= 0.6 is 0 Å². The molecule has 8 rings (SSSR count). The number of nitrogens with one attached hydrogen (secondary N) is 1. The molecular formula is C58H86N12O12. The number of hydrogen-bond donors (Lipinski definition) is 4. The highest BCUT2D eigenvalue weighted by molar-refractivity contribution is 5.98. The fraction of sp³-hybridized carbons (Fsp3) is 0.655. The van der Waals surface area contributed by atoms with E-state index in [1.165, 1.54) is 0 Å². The lowest BCUT2D eigenvalue weighted by molar-refractivity contribution is -0.163. The Morgan fingerprint density at radius 1 is 0.756 bits per heavy atom. The normalized spacial score (nSPS) is 23.0. The number of aliphatic carboxylic acids is 2. The predicted molar refractivity (Wildman–Crippen MR) is 306 cm³/mol. The molecule has 0 spiro atoms. The lowest BCUT2D eigenvalue weighted by Gasteiger charge is -2.59. The number of carbonyl (C=O) groups excluding carboxylic acids is 5. The lowest BCUT2D eigenvalue weighted by atomic mass is 9.48. The van der Waals surface area contributed by atoms with E-state index in [-0.39, 0.29) is 61.4 Å². The number of carboxylic acids is 2. The minimum atomic E-state index is -1.37. The molecule has 5 amide bonds. The lowest BCUT2D eigenvalue weighted by Crippen LogP contribution is -2.70. The maximum atomic E-state index is 14.5. The third-order valence-electron chi connectivity index (χ3n) is 17.4. The van der Waals surface area contributed by atoms with Crippen LogP contribution in [0.5, 0.6) is 0 Å². The second-order valence-corrected chi connectivity index (χ2v) is 23.5.